The van der Waals surface area contributed by atoms with Gasteiger partial charge in [-0.3, -0.25) is 4.79 Å². The number of carbonyl (C=O) groups excluding carboxylic acids is 1. The molecule has 2 N–H and O–H groups in total. The molecule has 1 saturated carbocycles. The van der Waals surface area contributed by atoms with Crippen molar-refractivity contribution in [1.29, 1.82) is 0 Å². The van der Waals surface area contributed by atoms with Gasteiger partial charge in [-0.2, -0.15) is 0 Å². The maximum absolute atomic E-state index is 11.4. The molecule has 0 spiro atoms. The topological polar surface area (TPSA) is 49.3 Å². The van der Waals surface area contributed by atoms with Crippen LogP contribution in [0.4, 0.5) is 0 Å². The van der Waals surface area contributed by atoms with Gasteiger partial charge >= 0.3 is 0 Å². The summed E-state index contributed by atoms with van der Waals surface area (Å²) in [4.78, 5) is 11.4. The molecular formula is C10H19NO2. The fraction of sp³-hybridized carbons (Fsp3) is 0.900. The van der Waals surface area contributed by atoms with Gasteiger partial charge in [0.25, 0.3) is 0 Å². The maximum Gasteiger partial charge on any atom is 0.249 e. The number of amides is 1. The Hall–Kier alpha value is -0.570. The molecule has 13 heavy (non-hydrogen) atoms. The van der Waals surface area contributed by atoms with Crippen molar-refractivity contribution in [2.24, 2.45) is 5.92 Å². The van der Waals surface area contributed by atoms with Crippen molar-refractivity contribution in [3.8, 4) is 0 Å². The van der Waals surface area contributed by atoms with Crippen LogP contribution in [0.2, 0.25) is 0 Å². The second kappa shape index (κ2) is 4.61. The Bertz CT molecular complexity index is 174. The molecule has 76 valence electrons. The van der Waals surface area contributed by atoms with Crippen LogP contribution in [0.5, 0.6) is 0 Å². The van der Waals surface area contributed by atoms with Crippen molar-refractivity contribution < 1.29 is 9.90 Å². The molecule has 1 atom stereocenters. The van der Waals surface area contributed by atoms with Crippen molar-refractivity contribution in [3.05, 3.63) is 0 Å². The van der Waals surface area contributed by atoms with Gasteiger partial charge in [0.2, 0.25) is 5.91 Å². The first kappa shape index (κ1) is 10.5. The molecule has 0 aromatic rings. The highest BCUT2D eigenvalue weighted by Gasteiger charge is 2.23. The summed E-state index contributed by atoms with van der Waals surface area (Å²) in [5.74, 6) is -0.205. The molecule has 1 fully saturated rings. The molecule has 1 rings (SSSR count). The molecule has 0 aromatic carbocycles. The van der Waals surface area contributed by atoms with Crippen molar-refractivity contribution in [1.82, 2.24) is 5.32 Å². The monoisotopic (exact) mass is 185 g/mol. The summed E-state index contributed by atoms with van der Waals surface area (Å²) >= 11 is 0. The molecule has 1 aliphatic rings. The second-order valence-corrected chi connectivity index (χ2v) is 4.18. The molecular weight excluding hydrogens is 166 g/mol. The lowest BCUT2D eigenvalue weighted by Crippen LogP contribution is -2.42. The molecule has 1 amide bonds. The Morgan fingerprint density at radius 3 is 2.38 bits per heavy atom. The summed E-state index contributed by atoms with van der Waals surface area (Å²) in [6.07, 6.45) is 3.68. The summed E-state index contributed by atoms with van der Waals surface area (Å²) in [5.41, 5.74) is 0. The minimum Gasteiger partial charge on any atom is -0.383 e. The summed E-state index contributed by atoms with van der Waals surface area (Å²) in [7, 11) is 0. The number of hydrogen-bond donors (Lipinski definition) is 2. The Kier molecular flexibility index (Phi) is 3.72. The summed E-state index contributed by atoms with van der Waals surface area (Å²) < 4.78 is 0. The van der Waals surface area contributed by atoms with E-state index >= 15 is 0 Å². The molecule has 0 aromatic heterocycles. The van der Waals surface area contributed by atoms with E-state index < -0.39 is 6.10 Å². The lowest BCUT2D eigenvalue weighted by Gasteiger charge is -2.17. The highest BCUT2D eigenvalue weighted by atomic mass is 16.3. The third-order valence-corrected chi connectivity index (χ3v) is 2.60. The summed E-state index contributed by atoms with van der Waals surface area (Å²) in [5, 5.41) is 12.3. The number of aliphatic hydroxyl groups excluding tert-OH is 1. The number of aliphatic hydroxyl groups is 1. The SMILES string of the molecule is CC(C)[C@@H](O)C(=O)NC1CCCC1. The van der Waals surface area contributed by atoms with Gasteiger partial charge in [-0.05, 0) is 18.8 Å². The van der Waals surface area contributed by atoms with Crippen molar-refractivity contribution in [2.45, 2.75) is 51.7 Å². The zero-order valence-corrected chi connectivity index (χ0v) is 8.42. The third-order valence-electron chi connectivity index (χ3n) is 2.60. The predicted molar refractivity (Wildman–Crippen MR) is 51.2 cm³/mol. The third kappa shape index (κ3) is 2.99. The average molecular weight is 185 g/mol. The standard InChI is InChI=1S/C10H19NO2/c1-7(2)9(12)10(13)11-8-5-3-4-6-8/h7-9,12H,3-6H2,1-2H3,(H,11,13)/t9-/m1/s1. The zero-order valence-electron chi connectivity index (χ0n) is 8.42. The molecule has 1 aliphatic carbocycles. The fourth-order valence-corrected chi connectivity index (χ4v) is 1.66. The second-order valence-electron chi connectivity index (χ2n) is 4.18. The van der Waals surface area contributed by atoms with Crippen LogP contribution in [-0.4, -0.2) is 23.2 Å². The molecule has 0 saturated heterocycles. The Balaban J connectivity index is 2.31. The summed E-state index contributed by atoms with van der Waals surface area (Å²) in [6.45, 7) is 3.69. The lowest BCUT2D eigenvalue weighted by molar-refractivity contribution is -0.132. The van der Waals surface area contributed by atoms with Crippen molar-refractivity contribution >= 4 is 5.91 Å². The predicted octanol–water partition coefficient (Wildman–Crippen LogP) is 1.06. The van der Waals surface area contributed by atoms with Gasteiger partial charge < -0.3 is 10.4 Å². The highest BCUT2D eigenvalue weighted by molar-refractivity contribution is 5.81. The lowest BCUT2D eigenvalue weighted by atomic mass is 10.1. The fourth-order valence-electron chi connectivity index (χ4n) is 1.66. The Morgan fingerprint density at radius 2 is 1.92 bits per heavy atom. The van der Waals surface area contributed by atoms with Gasteiger partial charge in [0, 0.05) is 6.04 Å². The van der Waals surface area contributed by atoms with E-state index in [1.54, 1.807) is 0 Å². The number of hydrogen-bond acceptors (Lipinski definition) is 2. The van der Waals surface area contributed by atoms with Crippen molar-refractivity contribution in [3.63, 3.8) is 0 Å². The molecule has 0 unspecified atom stereocenters. The first-order valence-corrected chi connectivity index (χ1v) is 5.09. The van der Waals surface area contributed by atoms with Gasteiger partial charge in [-0.1, -0.05) is 26.7 Å². The molecule has 0 heterocycles. The van der Waals surface area contributed by atoms with Crippen molar-refractivity contribution in [2.75, 3.05) is 0 Å². The van der Waals surface area contributed by atoms with Gasteiger partial charge in [0.1, 0.15) is 6.10 Å². The smallest absolute Gasteiger partial charge is 0.249 e. The van der Waals surface area contributed by atoms with E-state index in [0.717, 1.165) is 12.8 Å². The van der Waals surface area contributed by atoms with E-state index in [0.29, 0.717) is 6.04 Å². The van der Waals surface area contributed by atoms with Gasteiger partial charge in [-0.15, -0.1) is 0 Å². The number of rotatable bonds is 3. The van der Waals surface area contributed by atoms with Crippen LogP contribution >= 0.6 is 0 Å². The molecule has 3 heteroatoms. The van der Waals surface area contributed by atoms with Crippen LogP contribution in [0, 0.1) is 5.92 Å². The number of nitrogens with one attached hydrogen (secondary N) is 1. The van der Waals surface area contributed by atoms with E-state index in [-0.39, 0.29) is 11.8 Å². The minimum absolute atomic E-state index is 0.00130. The Morgan fingerprint density at radius 1 is 1.38 bits per heavy atom. The molecule has 0 radical (unpaired) electrons. The average Bonchev–Trinajstić information content (AvgIpc) is 2.55. The quantitative estimate of drug-likeness (QED) is 0.690. The van der Waals surface area contributed by atoms with Crippen LogP contribution in [0.1, 0.15) is 39.5 Å². The highest BCUT2D eigenvalue weighted by Crippen LogP contribution is 2.17. The van der Waals surface area contributed by atoms with Gasteiger partial charge in [-0.25, -0.2) is 0 Å². The first-order chi connectivity index (χ1) is 6.11. The zero-order chi connectivity index (χ0) is 9.84. The van der Waals surface area contributed by atoms with Crippen LogP contribution in [0.25, 0.3) is 0 Å². The van der Waals surface area contributed by atoms with E-state index in [9.17, 15) is 9.90 Å². The normalized spacial score (nSPS) is 20.6. The van der Waals surface area contributed by atoms with Gasteiger partial charge in [0.05, 0.1) is 0 Å². The van der Waals surface area contributed by atoms with E-state index in [4.69, 9.17) is 0 Å². The minimum atomic E-state index is -0.847. The largest absolute Gasteiger partial charge is 0.383 e. The molecule has 3 nitrogen and oxygen atoms in total. The van der Waals surface area contributed by atoms with Crippen LogP contribution < -0.4 is 5.32 Å². The van der Waals surface area contributed by atoms with Crippen LogP contribution in [-0.2, 0) is 4.79 Å². The van der Waals surface area contributed by atoms with Crippen LogP contribution in [0.3, 0.4) is 0 Å². The first-order valence-electron chi connectivity index (χ1n) is 5.09. The summed E-state index contributed by atoms with van der Waals surface area (Å²) in [6, 6.07) is 0.306. The molecule has 0 bridgehead atoms. The van der Waals surface area contributed by atoms with E-state index in [1.807, 2.05) is 13.8 Å². The van der Waals surface area contributed by atoms with Gasteiger partial charge in [0.15, 0.2) is 0 Å². The maximum atomic E-state index is 11.4. The number of carbonyl (C=O) groups is 1. The van der Waals surface area contributed by atoms with Crippen LogP contribution in [0.15, 0.2) is 0 Å². The molecule has 0 aliphatic heterocycles. The van der Waals surface area contributed by atoms with E-state index in [1.165, 1.54) is 12.8 Å². The Labute approximate surface area is 79.5 Å². The van der Waals surface area contributed by atoms with E-state index in [2.05, 4.69) is 5.32 Å².